The summed E-state index contributed by atoms with van der Waals surface area (Å²) >= 11 is 0. The molecule has 0 aliphatic heterocycles. The Balaban J connectivity index is 2.29. The molecule has 0 amide bonds. The number of rotatable bonds is 5. The first-order valence-corrected chi connectivity index (χ1v) is 4.61. The van der Waals surface area contributed by atoms with E-state index in [1.807, 2.05) is 19.1 Å². The first kappa shape index (κ1) is 10.3. The first-order valence-electron chi connectivity index (χ1n) is 4.61. The average Bonchev–Trinajstić information content (AvgIpc) is 2.56. The lowest BCUT2D eigenvalue weighted by Crippen LogP contribution is -2.37. The highest BCUT2D eigenvalue weighted by Crippen LogP contribution is 2.04. The van der Waals surface area contributed by atoms with Crippen LogP contribution >= 0.6 is 0 Å². The lowest BCUT2D eigenvalue weighted by atomic mass is 10.2. The van der Waals surface area contributed by atoms with Crippen LogP contribution in [0.15, 0.2) is 22.8 Å². The molecule has 1 aromatic rings. The van der Waals surface area contributed by atoms with Gasteiger partial charge >= 0.3 is 0 Å². The summed E-state index contributed by atoms with van der Waals surface area (Å²) in [6, 6.07) is 4.32. The maximum Gasteiger partial charge on any atom is 0.105 e. The predicted molar refractivity (Wildman–Crippen MR) is 51.6 cm³/mol. The van der Waals surface area contributed by atoms with Crippen LogP contribution < -0.4 is 5.32 Å². The van der Waals surface area contributed by atoms with Gasteiger partial charge in [-0.1, -0.05) is 0 Å². The molecule has 13 heavy (non-hydrogen) atoms. The fourth-order valence-corrected chi connectivity index (χ4v) is 1.33. The summed E-state index contributed by atoms with van der Waals surface area (Å²) in [5, 5.41) is 12.1. The van der Waals surface area contributed by atoms with Gasteiger partial charge in [0, 0.05) is 18.5 Å². The third kappa shape index (κ3) is 3.61. The molecule has 2 atom stereocenters. The Kier molecular flexibility index (Phi) is 3.99. The molecular formula is C10H17NO2. The number of hydrogen-bond donors (Lipinski definition) is 2. The quantitative estimate of drug-likeness (QED) is 0.720. The standard InChI is InChI=1S/C10H17NO2/c1-8(11-9(2)7-12)6-10-4-3-5-13-10/h3-5,8-9,11-12H,6-7H2,1-2H3/t8?,9-/m1/s1. The van der Waals surface area contributed by atoms with E-state index in [1.165, 1.54) is 0 Å². The maximum absolute atomic E-state index is 8.82. The number of furan rings is 1. The van der Waals surface area contributed by atoms with Crippen molar-refractivity contribution < 1.29 is 9.52 Å². The van der Waals surface area contributed by atoms with Gasteiger partial charge in [-0.3, -0.25) is 0 Å². The van der Waals surface area contributed by atoms with Gasteiger partial charge in [0.2, 0.25) is 0 Å². The zero-order valence-electron chi connectivity index (χ0n) is 8.16. The molecule has 0 spiro atoms. The molecule has 1 rings (SSSR count). The molecule has 0 aliphatic carbocycles. The third-order valence-electron chi connectivity index (χ3n) is 1.93. The molecule has 0 aromatic carbocycles. The predicted octanol–water partition coefficient (Wildman–Crippen LogP) is 1.18. The lowest BCUT2D eigenvalue weighted by molar-refractivity contribution is 0.241. The van der Waals surface area contributed by atoms with Crippen LogP contribution in [0.1, 0.15) is 19.6 Å². The van der Waals surface area contributed by atoms with Gasteiger partial charge in [-0.2, -0.15) is 0 Å². The minimum absolute atomic E-state index is 0.143. The minimum atomic E-state index is 0.143. The van der Waals surface area contributed by atoms with Crippen molar-refractivity contribution in [1.29, 1.82) is 0 Å². The maximum atomic E-state index is 8.82. The number of aliphatic hydroxyl groups is 1. The normalized spacial score (nSPS) is 15.6. The zero-order valence-corrected chi connectivity index (χ0v) is 8.16. The van der Waals surface area contributed by atoms with Crippen molar-refractivity contribution in [3.05, 3.63) is 24.2 Å². The molecule has 3 heteroatoms. The summed E-state index contributed by atoms with van der Waals surface area (Å²) in [6.45, 7) is 4.20. The second kappa shape index (κ2) is 5.04. The topological polar surface area (TPSA) is 45.4 Å². The number of aliphatic hydroxyl groups excluding tert-OH is 1. The van der Waals surface area contributed by atoms with Gasteiger partial charge in [-0.25, -0.2) is 0 Å². The van der Waals surface area contributed by atoms with Gasteiger partial charge in [0.15, 0.2) is 0 Å². The van der Waals surface area contributed by atoms with Gasteiger partial charge in [0.05, 0.1) is 12.9 Å². The molecule has 1 heterocycles. The summed E-state index contributed by atoms with van der Waals surface area (Å²) < 4.78 is 5.22. The van der Waals surface area contributed by atoms with Crippen LogP contribution in [0.25, 0.3) is 0 Å². The Hall–Kier alpha value is -0.800. The van der Waals surface area contributed by atoms with E-state index in [9.17, 15) is 0 Å². The van der Waals surface area contributed by atoms with Gasteiger partial charge in [-0.15, -0.1) is 0 Å². The number of nitrogens with one attached hydrogen (secondary N) is 1. The average molecular weight is 183 g/mol. The largest absolute Gasteiger partial charge is 0.469 e. The Morgan fingerprint density at radius 1 is 1.46 bits per heavy atom. The van der Waals surface area contributed by atoms with Crippen LogP contribution in [0.2, 0.25) is 0 Å². The molecule has 0 saturated carbocycles. The van der Waals surface area contributed by atoms with Crippen LogP contribution in [-0.4, -0.2) is 23.8 Å². The molecular weight excluding hydrogens is 166 g/mol. The van der Waals surface area contributed by atoms with E-state index in [1.54, 1.807) is 6.26 Å². The molecule has 3 nitrogen and oxygen atoms in total. The highest BCUT2D eigenvalue weighted by molar-refractivity contribution is 5.00. The second-order valence-electron chi connectivity index (χ2n) is 3.43. The van der Waals surface area contributed by atoms with Gasteiger partial charge in [0.25, 0.3) is 0 Å². The highest BCUT2D eigenvalue weighted by Gasteiger charge is 2.07. The van der Waals surface area contributed by atoms with E-state index in [4.69, 9.17) is 9.52 Å². The fraction of sp³-hybridized carbons (Fsp3) is 0.600. The smallest absolute Gasteiger partial charge is 0.105 e. The summed E-state index contributed by atoms with van der Waals surface area (Å²) in [5.41, 5.74) is 0. The molecule has 74 valence electrons. The van der Waals surface area contributed by atoms with Gasteiger partial charge in [0.1, 0.15) is 5.76 Å². The summed E-state index contributed by atoms with van der Waals surface area (Å²) in [4.78, 5) is 0. The molecule has 0 saturated heterocycles. The van der Waals surface area contributed by atoms with Crippen molar-refractivity contribution in [2.75, 3.05) is 6.61 Å². The third-order valence-corrected chi connectivity index (χ3v) is 1.93. The summed E-state index contributed by atoms with van der Waals surface area (Å²) in [7, 11) is 0. The Morgan fingerprint density at radius 2 is 2.23 bits per heavy atom. The van der Waals surface area contributed by atoms with E-state index in [0.29, 0.717) is 6.04 Å². The van der Waals surface area contributed by atoms with E-state index < -0.39 is 0 Å². The van der Waals surface area contributed by atoms with Crippen LogP contribution in [0.4, 0.5) is 0 Å². The van der Waals surface area contributed by atoms with Crippen molar-refractivity contribution in [2.24, 2.45) is 0 Å². The Morgan fingerprint density at radius 3 is 2.77 bits per heavy atom. The second-order valence-corrected chi connectivity index (χ2v) is 3.43. The van der Waals surface area contributed by atoms with E-state index in [-0.39, 0.29) is 12.6 Å². The molecule has 0 fully saturated rings. The Bertz CT molecular complexity index is 221. The van der Waals surface area contributed by atoms with Crippen molar-refractivity contribution in [1.82, 2.24) is 5.32 Å². The molecule has 0 bridgehead atoms. The minimum Gasteiger partial charge on any atom is -0.469 e. The molecule has 1 unspecified atom stereocenters. The van der Waals surface area contributed by atoms with E-state index >= 15 is 0 Å². The molecule has 0 aliphatic rings. The van der Waals surface area contributed by atoms with Crippen LogP contribution in [0, 0.1) is 0 Å². The van der Waals surface area contributed by atoms with Crippen molar-refractivity contribution in [2.45, 2.75) is 32.4 Å². The fourth-order valence-electron chi connectivity index (χ4n) is 1.33. The molecule has 2 N–H and O–H groups in total. The van der Waals surface area contributed by atoms with Crippen LogP contribution in [-0.2, 0) is 6.42 Å². The van der Waals surface area contributed by atoms with Crippen molar-refractivity contribution in [3.63, 3.8) is 0 Å². The summed E-state index contributed by atoms with van der Waals surface area (Å²) in [6.07, 6.45) is 2.54. The van der Waals surface area contributed by atoms with Gasteiger partial charge in [-0.05, 0) is 26.0 Å². The van der Waals surface area contributed by atoms with Gasteiger partial charge < -0.3 is 14.8 Å². The van der Waals surface area contributed by atoms with Crippen molar-refractivity contribution >= 4 is 0 Å². The molecule has 1 aromatic heterocycles. The van der Waals surface area contributed by atoms with Crippen LogP contribution in [0.3, 0.4) is 0 Å². The summed E-state index contributed by atoms with van der Waals surface area (Å²) in [5.74, 6) is 0.977. The molecule has 0 radical (unpaired) electrons. The van der Waals surface area contributed by atoms with Crippen LogP contribution in [0.5, 0.6) is 0 Å². The zero-order chi connectivity index (χ0) is 9.68. The number of hydrogen-bond acceptors (Lipinski definition) is 3. The van der Waals surface area contributed by atoms with E-state index in [2.05, 4.69) is 12.2 Å². The SMILES string of the molecule is CC(Cc1ccco1)N[C@H](C)CO. The lowest BCUT2D eigenvalue weighted by Gasteiger charge is -2.16. The Labute approximate surface area is 78.8 Å². The highest BCUT2D eigenvalue weighted by atomic mass is 16.3. The van der Waals surface area contributed by atoms with E-state index in [0.717, 1.165) is 12.2 Å². The first-order chi connectivity index (χ1) is 6.22. The van der Waals surface area contributed by atoms with Crippen molar-refractivity contribution in [3.8, 4) is 0 Å². The monoisotopic (exact) mass is 183 g/mol.